The van der Waals surface area contributed by atoms with Crippen molar-refractivity contribution >= 4 is 11.7 Å². The van der Waals surface area contributed by atoms with Crippen molar-refractivity contribution in [3.8, 4) is 0 Å². The van der Waals surface area contributed by atoms with Crippen molar-refractivity contribution in [2.75, 3.05) is 13.2 Å². The zero-order valence-corrected chi connectivity index (χ0v) is 10.5. The lowest BCUT2D eigenvalue weighted by Gasteiger charge is -2.06. The lowest BCUT2D eigenvalue weighted by atomic mass is 10.2. The highest BCUT2D eigenvalue weighted by Crippen LogP contribution is 2.09. The van der Waals surface area contributed by atoms with E-state index in [9.17, 15) is 18.4 Å². The normalized spacial score (nSPS) is 10.3. The number of ketones is 1. The Balaban J connectivity index is 2.39. The summed E-state index contributed by atoms with van der Waals surface area (Å²) in [4.78, 5) is 22.6. The third-order valence-corrected chi connectivity index (χ3v) is 2.32. The molecule has 0 unspecified atom stereocenters. The van der Waals surface area contributed by atoms with Crippen LogP contribution in [0.1, 0.15) is 18.9 Å². The number of benzene rings is 1. The number of carbonyl (C=O) groups is 2. The van der Waals surface area contributed by atoms with E-state index >= 15 is 0 Å². The second-order valence-corrected chi connectivity index (χ2v) is 3.87. The Kier molecular flexibility index (Phi) is 6.08. The van der Waals surface area contributed by atoms with Gasteiger partial charge in [0.2, 0.25) is 5.91 Å². The Morgan fingerprint density at radius 2 is 2.05 bits per heavy atom. The molecule has 0 bridgehead atoms. The number of Topliss-reactive ketones (excluding diaryl/α,β-unsaturated/α-hetero) is 1. The maximum absolute atomic E-state index is 13.3. The van der Waals surface area contributed by atoms with Gasteiger partial charge < -0.3 is 10.1 Å². The number of carbonyl (C=O) groups excluding carboxylic acids is 2. The van der Waals surface area contributed by atoms with E-state index in [0.717, 1.165) is 12.1 Å². The summed E-state index contributed by atoms with van der Waals surface area (Å²) < 4.78 is 30.8. The molecule has 0 saturated heterocycles. The predicted molar refractivity (Wildman–Crippen MR) is 64.3 cm³/mol. The first kappa shape index (κ1) is 15.2. The van der Waals surface area contributed by atoms with Gasteiger partial charge in [-0.1, -0.05) is 6.07 Å². The molecule has 0 aliphatic carbocycles. The summed E-state index contributed by atoms with van der Waals surface area (Å²) in [5.41, 5.74) is 0.159. The summed E-state index contributed by atoms with van der Waals surface area (Å²) >= 11 is 0. The predicted octanol–water partition coefficient (Wildman–Crippen LogP) is 1.58. The highest BCUT2D eigenvalue weighted by atomic mass is 19.1. The van der Waals surface area contributed by atoms with E-state index < -0.39 is 17.5 Å². The number of hydrogen-bond donors (Lipinski definition) is 1. The summed E-state index contributed by atoms with van der Waals surface area (Å²) in [5, 5.41) is 2.39. The number of amides is 1. The van der Waals surface area contributed by atoms with Crippen LogP contribution in [0.4, 0.5) is 8.78 Å². The van der Waals surface area contributed by atoms with Crippen LogP contribution < -0.4 is 5.32 Å². The molecule has 19 heavy (non-hydrogen) atoms. The minimum absolute atomic E-state index is 0.0904. The molecule has 0 atom stereocenters. The molecule has 0 saturated carbocycles. The molecule has 1 aromatic carbocycles. The molecular formula is C13H15F2NO3. The van der Waals surface area contributed by atoms with Crippen molar-refractivity contribution < 1.29 is 23.1 Å². The van der Waals surface area contributed by atoms with Gasteiger partial charge in [0.25, 0.3) is 0 Å². The molecule has 0 spiro atoms. The fourth-order valence-electron chi connectivity index (χ4n) is 1.37. The summed E-state index contributed by atoms with van der Waals surface area (Å²) in [6, 6.07) is 3.08. The Labute approximate surface area is 109 Å². The van der Waals surface area contributed by atoms with Crippen LogP contribution in [0, 0.1) is 11.6 Å². The van der Waals surface area contributed by atoms with Gasteiger partial charge in [-0.05, 0) is 13.0 Å². The molecule has 4 nitrogen and oxygen atoms in total. The molecule has 0 aromatic heterocycles. The highest BCUT2D eigenvalue weighted by molar-refractivity contribution is 5.98. The van der Waals surface area contributed by atoms with Crippen LogP contribution in [0.5, 0.6) is 0 Å². The van der Waals surface area contributed by atoms with Crippen LogP contribution in [0.2, 0.25) is 0 Å². The van der Waals surface area contributed by atoms with E-state index in [1.807, 2.05) is 0 Å². The SMILES string of the molecule is CCOCC(=O)CC(=O)NCc1ccc(F)cc1F. The summed E-state index contributed by atoms with van der Waals surface area (Å²) in [5.74, 6) is -2.28. The van der Waals surface area contributed by atoms with Gasteiger partial charge in [-0.3, -0.25) is 9.59 Å². The number of ether oxygens (including phenoxy) is 1. The molecule has 0 radical (unpaired) electrons. The Hall–Kier alpha value is -1.82. The average molecular weight is 271 g/mol. The third kappa shape index (κ3) is 5.56. The molecule has 1 aromatic rings. The molecule has 0 fully saturated rings. The number of halogens is 2. The van der Waals surface area contributed by atoms with Crippen molar-refractivity contribution in [3.63, 3.8) is 0 Å². The molecule has 1 N–H and O–H groups in total. The second-order valence-electron chi connectivity index (χ2n) is 3.87. The molecule has 0 aliphatic heterocycles. The van der Waals surface area contributed by atoms with Gasteiger partial charge in [-0.15, -0.1) is 0 Å². The van der Waals surface area contributed by atoms with E-state index in [-0.39, 0.29) is 30.9 Å². The first-order valence-electron chi connectivity index (χ1n) is 5.83. The van der Waals surface area contributed by atoms with E-state index in [4.69, 9.17) is 4.74 Å². The molecule has 104 valence electrons. The molecule has 6 heteroatoms. The van der Waals surface area contributed by atoms with Crippen molar-refractivity contribution in [2.24, 2.45) is 0 Å². The third-order valence-electron chi connectivity index (χ3n) is 2.32. The van der Waals surface area contributed by atoms with Gasteiger partial charge in [0.1, 0.15) is 18.2 Å². The maximum atomic E-state index is 13.3. The minimum atomic E-state index is -0.735. The van der Waals surface area contributed by atoms with Crippen molar-refractivity contribution in [2.45, 2.75) is 19.9 Å². The monoisotopic (exact) mass is 271 g/mol. The summed E-state index contributed by atoms with van der Waals surface area (Å²) in [6.45, 7) is 1.93. The lowest BCUT2D eigenvalue weighted by molar-refractivity contribution is -0.130. The van der Waals surface area contributed by atoms with Gasteiger partial charge in [-0.2, -0.15) is 0 Å². The van der Waals surface area contributed by atoms with Gasteiger partial charge in [0, 0.05) is 24.8 Å². The van der Waals surface area contributed by atoms with Crippen LogP contribution in [-0.4, -0.2) is 24.9 Å². The van der Waals surface area contributed by atoms with Crippen molar-refractivity contribution in [1.82, 2.24) is 5.32 Å². The lowest BCUT2D eigenvalue weighted by Crippen LogP contribution is -2.27. The van der Waals surface area contributed by atoms with Crippen LogP contribution in [0.3, 0.4) is 0 Å². The van der Waals surface area contributed by atoms with E-state index in [1.165, 1.54) is 6.07 Å². The smallest absolute Gasteiger partial charge is 0.227 e. The van der Waals surface area contributed by atoms with Gasteiger partial charge >= 0.3 is 0 Å². The average Bonchev–Trinajstić information content (AvgIpc) is 2.35. The largest absolute Gasteiger partial charge is 0.374 e. The quantitative estimate of drug-likeness (QED) is 0.766. The standard InChI is InChI=1S/C13H15F2NO3/c1-2-19-8-11(17)6-13(18)16-7-9-3-4-10(14)5-12(9)15/h3-5H,2,6-8H2,1H3,(H,16,18). The number of rotatable bonds is 7. The van der Waals surface area contributed by atoms with Crippen molar-refractivity contribution in [3.05, 3.63) is 35.4 Å². The maximum Gasteiger partial charge on any atom is 0.227 e. The van der Waals surface area contributed by atoms with Gasteiger partial charge in [0.05, 0.1) is 6.42 Å². The number of nitrogens with one attached hydrogen (secondary N) is 1. The summed E-state index contributed by atoms with van der Waals surface area (Å²) in [6.07, 6.45) is -0.317. The Morgan fingerprint density at radius 1 is 1.32 bits per heavy atom. The molecule has 0 heterocycles. The van der Waals surface area contributed by atoms with E-state index in [2.05, 4.69) is 5.32 Å². The van der Waals surface area contributed by atoms with Crippen LogP contribution in [-0.2, 0) is 20.9 Å². The van der Waals surface area contributed by atoms with Crippen LogP contribution in [0.25, 0.3) is 0 Å². The molecular weight excluding hydrogens is 256 g/mol. The summed E-state index contributed by atoms with van der Waals surface area (Å²) in [7, 11) is 0. The first-order valence-corrected chi connectivity index (χ1v) is 5.83. The number of hydrogen-bond acceptors (Lipinski definition) is 3. The Morgan fingerprint density at radius 3 is 2.68 bits per heavy atom. The van der Waals surface area contributed by atoms with Crippen LogP contribution in [0.15, 0.2) is 18.2 Å². The van der Waals surface area contributed by atoms with Crippen molar-refractivity contribution in [1.29, 1.82) is 0 Å². The van der Waals surface area contributed by atoms with E-state index in [0.29, 0.717) is 6.61 Å². The fraction of sp³-hybridized carbons (Fsp3) is 0.385. The van der Waals surface area contributed by atoms with Crippen LogP contribution >= 0.6 is 0 Å². The first-order chi connectivity index (χ1) is 9.02. The molecule has 1 rings (SSSR count). The second kappa shape index (κ2) is 7.58. The molecule has 1 amide bonds. The Bertz CT molecular complexity index is 463. The van der Waals surface area contributed by atoms with Gasteiger partial charge in [-0.25, -0.2) is 8.78 Å². The van der Waals surface area contributed by atoms with E-state index in [1.54, 1.807) is 6.92 Å². The molecule has 0 aliphatic rings. The zero-order chi connectivity index (χ0) is 14.3. The minimum Gasteiger partial charge on any atom is -0.374 e. The van der Waals surface area contributed by atoms with Gasteiger partial charge in [0.15, 0.2) is 5.78 Å². The zero-order valence-electron chi connectivity index (χ0n) is 10.5. The highest BCUT2D eigenvalue weighted by Gasteiger charge is 2.10. The topological polar surface area (TPSA) is 55.4 Å². The fourth-order valence-corrected chi connectivity index (χ4v) is 1.37.